The average molecular weight is 283 g/mol. The van der Waals surface area contributed by atoms with E-state index in [4.69, 9.17) is 9.31 Å². The molecule has 1 aromatic carbocycles. The predicted octanol–water partition coefficient (Wildman–Crippen LogP) is 1.74. The quantitative estimate of drug-likeness (QED) is 0.748. The van der Waals surface area contributed by atoms with Gasteiger partial charge in [-0.2, -0.15) is 10.4 Å². The number of aryl methyl sites for hydroxylation is 1. The summed E-state index contributed by atoms with van der Waals surface area (Å²) in [4.78, 5) is 0. The molecule has 5 nitrogen and oxygen atoms in total. The Bertz CT molecular complexity index is 742. The summed E-state index contributed by atoms with van der Waals surface area (Å²) in [5, 5.41) is 14.6. The summed E-state index contributed by atoms with van der Waals surface area (Å²) in [5.74, 6) is 0. The zero-order chi connectivity index (χ0) is 15.4. The van der Waals surface area contributed by atoms with Crippen molar-refractivity contribution in [2.45, 2.75) is 38.9 Å². The molecule has 1 aliphatic rings. The van der Waals surface area contributed by atoms with Gasteiger partial charge in [0.1, 0.15) is 11.6 Å². The fourth-order valence-corrected chi connectivity index (χ4v) is 2.48. The van der Waals surface area contributed by atoms with Crippen molar-refractivity contribution < 1.29 is 9.31 Å². The monoisotopic (exact) mass is 283 g/mol. The number of fused-ring (bicyclic) bond motifs is 1. The molecule has 2 heterocycles. The molecular weight excluding hydrogens is 265 g/mol. The van der Waals surface area contributed by atoms with E-state index in [0.29, 0.717) is 11.1 Å². The Hall–Kier alpha value is -1.84. The topological polar surface area (TPSA) is 60.1 Å². The molecule has 0 amide bonds. The summed E-state index contributed by atoms with van der Waals surface area (Å²) >= 11 is 0. The van der Waals surface area contributed by atoms with Crippen molar-refractivity contribution in [1.82, 2.24) is 9.78 Å². The molecule has 6 heteroatoms. The van der Waals surface area contributed by atoms with Crippen LogP contribution in [-0.4, -0.2) is 28.1 Å². The van der Waals surface area contributed by atoms with Gasteiger partial charge in [-0.25, -0.2) is 0 Å². The van der Waals surface area contributed by atoms with Gasteiger partial charge in [-0.05, 0) is 39.2 Å². The summed E-state index contributed by atoms with van der Waals surface area (Å²) < 4.78 is 13.8. The smallest absolute Gasteiger partial charge is 0.399 e. The highest BCUT2D eigenvalue weighted by Crippen LogP contribution is 2.36. The number of hydrogen-bond acceptors (Lipinski definition) is 4. The molecule has 1 fully saturated rings. The Kier molecular flexibility index (Phi) is 2.91. The van der Waals surface area contributed by atoms with E-state index < -0.39 is 18.3 Å². The molecule has 0 spiro atoms. The van der Waals surface area contributed by atoms with Crippen LogP contribution in [0.1, 0.15) is 33.3 Å². The van der Waals surface area contributed by atoms with Gasteiger partial charge < -0.3 is 9.31 Å². The first-order valence-electron chi connectivity index (χ1n) is 6.96. The number of hydrogen-bond donors (Lipinski definition) is 0. The van der Waals surface area contributed by atoms with E-state index in [1.807, 2.05) is 47.0 Å². The second-order valence-electron chi connectivity index (χ2n) is 6.51. The van der Waals surface area contributed by atoms with Crippen LogP contribution >= 0.6 is 0 Å². The van der Waals surface area contributed by atoms with Gasteiger partial charge in [0.05, 0.1) is 16.8 Å². The molecule has 0 bridgehead atoms. The van der Waals surface area contributed by atoms with Crippen LogP contribution in [0, 0.1) is 11.3 Å². The Balaban J connectivity index is 2.09. The van der Waals surface area contributed by atoms with Crippen LogP contribution in [0.2, 0.25) is 0 Å². The summed E-state index contributed by atoms with van der Waals surface area (Å²) in [5.41, 5.74) is 1.31. The van der Waals surface area contributed by atoms with E-state index in [1.165, 1.54) is 0 Å². The van der Waals surface area contributed by atoms with Gasteiger partial charge in [-0.1, -0.05) is 6.07 Å². The van der Waals surface area contributed by atoms with Gasteiger partial charge in [0.25, 0.3) is 0 Å². The normalized spacial score (nSPS) is 19.9. The van der Waals surface area contributed by atoms with Gasteiger partial charge in [0.15, 0.2) is 0 Å². The molecule has 108 valence electrons. The largest absolute Gasteiger partial charge is 0.494 e. The van der Waals surface area contributed by atoms with Gasteiger partial charge in [-0.15, -0.1) is 0 Å². The minimum absolute atomic E-state index is 0.394. The summed E-state index contributed by atoms with van der Waals surface area (Å²) in [6, 6.07) is 5.98. The second kappa shape index (κ2) is 4.33. The van der Waals surface area contributed by atoms with Crippen molar-refractivity contribution >= 4 is 23.5 Å². The third kappa shape index (κ3) is 2.13. The second-order valence-corrected chi connectivity index (χ2v) is 6.51. The van der Waals surface area contributed by atoms with E-state index in [2.05, 4.69) is 11.2 Å². The Morgan fingerprint density at radius 2 is 1.81 bits per heavy atom. The molecule has 2 aromatic rings. The minimum Gasteiger partial charge on any atom is -0.399 e. The molecule has 1 aliphatic heterocycles. The number of rotatable bonds is 1. The summed E-state index contributed by atoms with van der Waals surface area (Å²) in [6.07, 6.45) is 1.89. The van der Waals surface area contributed by atoms with Crippen LogP contribution in [0.25, 0.3) is 10.9 Å². The van der Waals surface area contributed by atoms with E-state index in [1.54, 1.807) is 10.7 Å². The van der Waals surface area contributed by atoms with Gasteiger partial charge in [-0.3, -0.25) is 4.68 Å². The predicted molar refractivity (Wildman–Crippen MR) is 81.1 cm³/mol. The van der Waals surface area contributed by atoms with E-state index >= 15 is 0 Å². The molecule has 1 aromatic heterocycles. The third-order valence-corrected chi connectivity index (χ3v) is 4.39. The maximum absolute atomic E-state index is 9.34. The van der Waals surface area contributed by atoms with Gasteiger partial charge in [0.2, 0.25) is 0 Å². The van der Waals surface area contributed by atoms with Crippen LogP contribution in [0.3, 0.4) is 0 Å². The van der Waals surface area contributed by atoms with Crippen LogP contribution < -0.4 is 5.46 Å². The molecule has 0 saturated carbocycles. The standard InChI is InChI=1S/C15H18BN3O2/c1-14(2)15(3,4)21-16(20-14)12-6-10(8-17)13-11(7-12)9-19(5)18-13/h6-7,9H,1-5H3. The zero-order valence-corrected chi connectivity index (χ0v) is 13.0. The number of nitriles is 1. The summed E-state index contributed by atoms with van der Waals surface area (Å²) in [7, 11) is 1.38. The molecule has 0 unspecified atom stereocenters. The molecule has 21 heavy (non-hydrogen) atoms. The first-order chi connectivity index (χ1) is 9.73. The van der Waals surface area contributed by atoms with Crippen LogP contribution in [0.15, 0.2) is 18.3 Å². The highest BCUT2D eigenvalue weighted by Gasteiger charge is 2.51. The number of nitrogens with zero attached hydrogens (tertiary/aromatic N) is 3. The van der Waals surface area contributed by atoms with Crippen LogP contribution in [0.4, 0.5) is 0 Å². The minimum atomic E-state index is -0.466. The first kappa shape index (κ1) is 14.1. The number of aromatic nitrogens is 2. The molecule has 3 rings (SSSR count). The average Bonchev–Trinajstić information content (AvgIpc) is 2.85. The highest BCUT2D eigenvalue weighted by atomic mass is 16.7. The molecule has 0 aliphatic carbocycles. The SMILES string of the molecule is Cn1cc2cc(B3OC(C)(C)C(C)(C)O3)cc(C#N)c2n1. The Morgan fingerprint density at radius 3 is 2.38 bits per heavy atom. The molecular formula is C15H18BN3O2. The fraction of sp³-hybridized carbons (Fsp3) is 0.467. The van der Waals surface area contributed by atoms with Crippen LogP contribution in [-0.2, 0) is 16.4 Å². The lowest BCUT2D eigenvalue weighted by Crippen LogP contribution is -2.41. The summed E-state index contributed by atoms with van der Waals surface area (Å²) in [6.45, 7) is 8.06. The first-order valence-corrected chi connectivity index (χ1v) is 6.96. The number of benzene rings is 1. The van der Waals surface area contributed by atoms with E-state index in [-0.39, 0.29) is 0 Å². The van der Waals surface area contributed by atoms with Crippen molar-refractivity contribution in [2.24, 2.45) is 7.05 Å². The van der Waals surface area contributed by atoms with Gasteiger partial charge in [0, 0.05) is 18.6 Å². The van der Waals surface area contributed by atoms with Crippen molar-refractivity contribution in [3.8, 4) is 6.07 Å². The van der Waals surface area contributed by atoms with E-state index in [0.717, 1.165) is 10.8 Å². The molecule has 0 N–H and O–H groups in total. The zero-order valence-electron chi connectivity index (χ0n) is 13.0. The van der Waals surface area contributed by atoms with Crippen molar-refractivity contribution in [3.05, 3.63) is 23.9 Å². The maximum atomic E-state index is 9.34. The maximum Gasteiger partial charge on any atom is 0.494 e. The van der Waals surface area contributed by atoms with Crippen LogP contribution in [0.5, 0.6) is 0 Å². The molecule has 0 atom stereocenters. The van der Waals surface area contributed by atoms with Crippen molar-refractivity contribution in [3.63, 3.8) is 0 Å². The fourth-order valence-electron chi connectivity index (χ4n) is 2.48. The highest BCUT2D eigenvalue weighted by molar-refractivity contribution is 6.62. The van der Waals surface area contributed by atoms with E-state index in [9.17, 15) is 5.26 Å². The van der Waals surface area contributed by atoms with Crippen molar-refractivity contribution in [1.29, 1.82) is 5.26 Å². The molecule has 1 saturated heterocycles. The lowest BCUT2D eigenvalue weighted by Gasteiger charge is -2.32. The lowest BCUT2D eigenvalue weighted by molar-refractivity contribution is 0.00578. The Morgan fingerprint density at radius 1 is 1.19 bits per heavy atom. The third-order valence-electron chi connectivity index (χ3n) is 4.39. The van der Waals surface area contributed by atoms with Crippen molar-refractivity contribution in [2.75, 3.05) is 0 Å². The molecule has 0 radical (unpaired) electrons. The Labute approximate surface area is 124 Å². The van der Waals surface area contributed by atoms with Gasteiger partial charge >= 0.3 is 7.12 Å². The lowest BCUT2D eigenvalue weighted by atomic mass is 9.78.